The molecule has 2 aliphatic rings. The van der Waals surface area contributed by atoms with Crippen LogP contribution in [0, 0.1) is 0 Å². The second kappa shape index (κ2) is 7.71. The van der Waals surface area contributed by atoms with E-state index in [1.807, 2.05) is 18.2 Å². The molecule has 0 bridgehead atoms. The highest BCUT2D eigenvalue weighted by atomic mass is 32.2. The van der Waals surface area contributed by atoms with E-state index in [-0.39, 0.29) is 43.6 Å². The van der Waals surface area contributed by atoms with E-state index < -0.39 is 9.84 Å². The maximum atomic E-state index is 13.1. The largest absolute Gasteiger partial charge is 0.351 e. The first-order chi connectivity index (χ1) is 15.4. The van der Waals surface area contributed by atoms with Crippen LogP contribution in [0.1, 0.15) is 57.5 Å². The second-order valence-corrected chi connectivity index (χ2v) is 10.5. The fraction of sp³-hybridized carbons (Fsp3) is 0.231. The molecular formula is C26H23NO4S. The van der Waals surface area contributed by atoms with Crippen LogP contribution in [-0.2, 0) is 15.3 Å². The first-order valence-corrected chi connectivity index (χ1v) is 12.3. The van der Waals surface area contributed by atoms with Crippen molar-refractivity contribution in [1.82, 2.24) is 5.32 Å². The fourth-order valence-corrected chi connectivity index (χ4v) is 6.67. The highest BCUT2D eigenvalue weighted by Crippen LogP contribution is 2.40. The van der Waals surface area contributed by atoms with Gasteiger partial charge in [0.05, 0.1) is 9.79 Å². The van der Waals surface area contributed by atoms with Crippen LogP contribution in [0.2, 0.25) is 0 Å². The molecule has 1 saturated carbocycles. The molecule has 5 nitrogen and oxygen atoms in total. The van der Waals surface area contributed by atoms with E-state index >= 15 is 0 Å². The van der Waals surface area contributed by atoms with Gasteiger partial charge in [-0.05, 0) is 48.7 Å². The lowest BCUT2D eigenvalue weighted by Gasteiger charge is -2.30. The van der Waals surface area contributed by atoms with Gasteiger partial charge in [0.25, 0.3) is 5.91 Å². The third-order valence-electron chi connectivity index (χ3n) is 6.73. The van der Waals surface area contributed by atoms with E-state index in [2.05, 4.69) is 17.4 Å². The minimum atomic E-state index is -3.88. The topological polar surface area (TPSA) is 80.3 Å². The quantitative estimate of drug-likeness (QED) is 0.508. The molecule has 5 rings (SSSR count). The third kappa shape index (κ3) is 3.26. The van der Waals surface area contributed by atoms with Crippen molar-refractivity contribution >= 4 is 21.5 Å². The van der Waals surface area contributed by atoms with Crippen molar-refractivity contribution in [3.63, 3.8) is 0 Å². The minimum absolute atomic E-state index is 0.0101. The molecule has 0 radical (unpaired) electrons. The SMILES string of the molecule is O=C(NCC1(c2ccccc2)CCCC1)c1ccc2c(c1)S(=O)(=O)c1ccccc1C2=O. The maximum Gasteiger partial charge on any atom is 0.251 e. The molecule has 1 N–H and O–H groups in total. The third-order valence-corrected chi connectivity index (χ3v) is 8.59. The Morgan fingerprint density at radius 1 is 0.844 bits per heavy atom. The predicted octanol–water partition coefficient (Wildman–Crippen LogP) is 4.31. The van der Waals surface area contributed by atoms with Crippen LogP contribution in [0.3, 0.4) is 0 Å². The smallest absolute Gasteiger partial charge is 0.251 e. The lowest BCUT2D eigenvalue weighted by molar-refractivity contribution is 0.0941. The van der Waals surface area contributed by atoms with E-state index in [0.717, 1.165) is 25.7 Å². The Kier molecular flexibility index (Phi) is 4.97. The average molecular weight is 446 g/mol. The van der Waals surface area contributed by atoms with Crippen molar-refractivity contribution in [3.8, 4) is 0 Å². The molecular weight excluding hydrogens is 422 g/mol. The van der Waals surface area contributed by atoms with Crippen LogP contribution < -0.4 is 5.32 Å². The zero-order valence-corrected chi connectivity index (χ0v) is 18.3. The van der Waals surface area contributed by atoms with Crippen molar-refractivity contribution in [2.24, 2.45) is 0 Å². The molecule has 1 amide bonds. The molecule has 3 aromatic carbocycles. The molecule has 162 valence electrons. The summed E-state index contributed by atoms with van der Waals surface area (Å²) in [5.74, 6) is -0.678. The van der Waals surface area contributed by atoms with Crippen LogP contribution in [0.25, 0.3) is 0 Å². The number of amides is 1. The predicted molar refractivity (Wildman–Crippen MR) is 121 cm³/mol. The first kappa shape index (κ1) is 20.6. The molecule has 0 aromatic heterocycles. The van der Waals surface area contributed by atoms with Gasteiger partial charge in [-0.3, -0.25) is 9.59 Å². The standard InChI is InChI=1S/C26H23NO4S/c28-24-20-10-4-5-11-22(20)32(30,31)23-16-18(12-13-21(23)24)25(29)27-17-26(14-6-7-15-26)19-8-2-1-3-9-19/h1-5,8-13,16H,6-7,14-15,17H2,(H,27,29). The van der Waals surface area contributed by atoms with Crippen molar-refractivity contribution < 1.29 is 18.0 Å². The number of nitrogens with one attached hydrogen (secondary N) is 1. The maximum absolute atomic E-state index is 13.1. The Balaban J connectivity index is 1.44. The lowest BCUT2D eigenvalue weighted by atomic mass is 9.79. The Morgan fingerprint density at radius 3 is 2.25 bits per heavy atom. The Morgan fingerprint density at radius 2 is 1.50 bits per heavy atom. The van der Waals surface area contributed by atoms with Crippen LogP contribution in [-0.4, -0.2) is 26.7 Å². The minimum Gasteiger partial charge on any atom is -0.351 e. The number of hydrogen-bond donors (Lipinski definition) is 1. The first-order valence-electron chi connectivity index (χ1n) is 10.8. The molecule has 0 atom stereocenters. The van der Waals surface area contributed by atoms with Gasteiger partial charge in [-0.2, -0.15) is 0 Å². The molecule has 32 heavy (non-hydrogen) atoms. The summed E-state index contributed by atoms with van der Waals surface area (Å²) in [5, 5.41) is 3.03. The summed E-state index contributed by atoms with van der Waals surface area (Å²) in [4.78, 5) is 25.7. The molecule has 0 unspecified atom stereocenters. The molecule has 0 spiro atoms. The Labute approximate surface area is 187 Å². The van der Waals surface area contributed by atoms with Gasteiger partial charge in [-0.1, -0.05) is 55.3 Å². The molecule has 1 aliphatic carbocycles. The number of ketones is 1. The number of rotatable bonds is 4. The number of fused-ring (bicyclic) bond motifs is 2. The second-order valence-electron chi connectivity index (χ2n) is 8.58. The molecule has 3 aromatic rings. The molecule has 1 fully saturated rings. The van der Waals surface area contributed by atoms with Gasteiger partial charge in [0.15, 0.2) is 5.78 Å². The zero-order valence-electron chi connectivity index (χ0n) is 17.5. The summed E-state index contributed by atoms with van der Waals surface area (Å²) >= 11 is 0. The number of carbonyl (C=O) groups excluding carboxylic acids is 2. The average Bonchev–Trinajstić information content (AvgIpc) is 3.32. The van der Waals surface area contributed by atoms with E-state index in [0.29, 0.717) is 6.54 Å². The lowest BCUT2D eigenvalue weighted by Crippen LogP contribution is -2.39. The van der Waals surface area contributed by atoms with Crippen molar-refractivity contribution in [3.05, 3.63) is 95.1 Å². The zero-order chi connectivity index (χ0) is 22.3. The highest BCUT2D eigenvalue weighted by Gasteiger charge is 2.37. The molecule has 0 saturated heterocycles. The normalized spacial score (nSPS) is 17.9. The van der Waals surface area contributed by atoms with Crippen molar-refractivity contribution in [1.29, 1.82) is 0 Å². The van der Waals surface area contributed by atoms with E-state index in [4.69, 9.17) is 0 Å². The Bertz CT molecular complexity index is 1320. The molecule has 1 heterocycles. The van der Waals surface area contributed by atoms with Crippen molar-refractivity contribution in [2.75, 3.05) is 6.54 Å². The number of carbonyl (C=O) groups is 2. The summed E-state index contributed by atoms with van der Waals surface area (Å²) in [6.45, 7) is 0.488. The summed E-state index contributed by atoms with van der Waals surface area (Å²) in [7, 11) is -3.88. The van der Waals surface area contributed by atoms with Gasteiger partial charge < -0.3 is 5.32 Å². The van der Waals surface area contributed by atoms with Crippen LogP contribution in [0.15, 0.2) is 82.6 Å². The monoisotopic (exact) mass is 445 g/mol. The van der Waals surface area contributed by atoms with Crippen LogP contribution >= 0.6 is 0 Å². The van der Waals surface area contributed by atoms with E-state index in [1.54, 1.807) is 12.1 Å². The number of benzene rings is 3. The molecule has 1 aliphatic heterocycles. The van der Waals surface area contributed by atoms with E-state index in [1.165, 1.54) is 35.9 Å². The van der Waals surface area contributed by atoms with E-state index in [9.17, 15) is 18.0 Å². The van der Waals surface area contributed by atoms with Gasteiger partial charge in [0.1, 0.15) is 0 Å². The summed E-state index contributed by atoms with van der Waals surface area (Å²) < 4.78 is 26.3. The Hall–Kier alpha value is -3.25. The number of hydrogen-bond acceptors (Lipinski definition) is 4. The van der Waals surface area contributed by atoms with Gasteiger partial charge in [0.2, 0.25) is 9.84 Å². The van der Waals surface area contributed by atoms with Crippen LogP contribution in [0.4, 0.5) is 0 Å². The van der Waals surface area contributed by atoms with Gasteiger partial charge in [-0.15, -0.1) is 0 Å². The van der Waals surface area contributed by atoms with Gasteiger partial charge in [-0.25, -0.2) is 8.42 Å². The number of sulfone groups is 1. The summed E-state index contributed by atoms with van der Waals surface area (Å²) in [6, 6.07) is 20.7. The summed E-state index contributed by atoms with van der Waals surface area (Å²) in [6.07, 6.45) is 4.23. The van der Waals surface area contributed by atoms with Gasteiger partial charge >= 0.3 is 0 Å². The van der Waals surface area contributed by atoms with Crippen molar-refractivity contribution in [2.45, 2.75) is 40.9 Å². The van der Waals surface area contributed by atoms with Crippen LogP contribution in [0.5, 0.6) is 0 Å². The summed E-state index contributed by atoms with van der Waals surface area (Å²) in [5.41, 5.74) is 1.63. The van der Waals surface area contributed by atoms with Gasteiger partial charge in [0, 0.05) is 28.7 Å². The highest BCUT2D eigenvalue weighted by molar-refractivity contribution is 7.91. The fourth-order valence-electron chi connectivity index (χ4n) is 4.99. The molecule has 6 heteroatoms.